The Balaban J connectivity index is 2.82. The predicted molar refractivity (Wildman–Crippen MR) is 76.3 cm³/mol. The first kappa shape index (κ1) is 15.0. The number of nitrogens with two attached hydrogens (primary N) is 1. The van der Waals surface area contributed by atoms with Crippen molar-refractivity contribution in [2.24, 2.45) is 16.8 Å². The average molecular weight is 263 g/mol. The fraction of sp³-hybridized carbons (Fsp3) is 0.429. The SMILES string of the molecule is CC(C)CC(=O)N(CCC(N)=NO)c1ccccc1. The molecule has 0 aliphatic heterocycles. The Hall–Kier alpha value is -2.04. The second-order valence-corrected chi connectivity index (χ2v) is 4.82. The number of anilines is 1. The van der Waals surface area contributed by atoms with Gasteiger partial charge in [0.05, 0.1) is 0 Å². The number of oxime groups is 1. The monoisotopic (exact) mass is 263 g/mol. The number of amides is 1. The maximum absolute atomic E-state index is 12.2. The minimum Gasteiger partial charge on any atom is -0.409 e. The van der Waals surface area contributed by atoms with Gasteiger partial charge in [0, 0.05) is 25.1 Å². The van der Waals surface area contributed by atoms with E-state index in [2.05, 4.69) is 5.16 Å². The molecule has 1 aromatic carbocycles. The second-order valence-electron chi connectivity index (χ2n) is 4.82. The number of carbonyl (C=O) groups is 1. The zero-order valence-electron chi connectivity index (χ0n) is 11.4. The van der Waals surface area contributed by atoms with Gasteiger partial charge in [-0.1, -0.05) is 37.2 Å². The van der Waals surface area contributed by atoms with Crippen LogP contribution in [0.3, 0.4) is 0 Å². The molecule has 0 saturated carbocycles. The number of rotatable bonds is 6. The summed E-state index contributed by atoms with van der Waals surface area (Å²) in [6, 6.07) is 9.43. The highest BCUT2D eigenvalue weighted by Crippen LogP contribution is 2.16. The predicted octanol–water partition coefficient (Wildman–Crippen LogP) is 2.20. The number of nitrogens with zero attached hydrogens (tertiary/aromatic N) is 2. The van der Waals surface area contributed by atoms with Gasteiger partial charge in [0.25, 0.3) is 0 Å². The van der Waals surface area contributed by atoms with E-state index >= 15 is 0 Å². The highest BCUT2D eigenvalue weighted by molar-refractivity contribution is 5.94. The van der Waals surface area contributed by atoms with E-state index in [0.29, 0.717) is 25.3 Å². The van der Waals surface area contributed by atoms with Crippen LogP contribution in [0.2, 0.25) is 0 Å². The molecule has 0 bridgehead atoms. The Kier molecular flexibility index (Phi) is 5.85. The molecule has 5 nitrogen and oxygen atoms in total. The molecule has 0 spiro atoms. The molecule has 5 heteroatoms. The van der Waals surface area contributed by atoms with Gasteiger partial charge < -0.3 is 15.8 Å². The van der Waals surface area contributed by atoms with Crippen molar-refractivity contribution < 1.29 is 10.0 Å². The van der Waals surface area contributed by atoms with Crippen LogP contribution in [0.5, 0.6) is 0 Å². The van der Waals surface area contributed by atoms with Gasteiger partial charge in [0.1, 0.15) is 5.84 Å². The minimum atomic E-state index is 0.0481. The Labute approximate surface area is 113 Å². The lowest BCUT2D eigenvalue weighted by Gasteiger charge is -2.23. The molecule has 0 aliphatic carbocycles. The van der Waals surface area contributed by atoms with Crippen molar-refractivity contribution in [2.75, 3.05) is 11.4 Å². The van der Waals surface area contributed by atoms with E-state index in [9.17, 15) is 4.79 Å². The van der Waals surface area contributed by atoms with E-state index < -0.39 is 0 Å². The zero-order chi connectivity index (χ0) is 14.3. The quantitative estimate of drug-likeness (QED) is 0.357. The molecule has 1 rings (SSSR count). The number of carbonyl (C=O) groups excluding carboxylic acids is 1. The van der Waals surface area contributed by atoms with Crippen LogP contribution in [0.4, 0.5) is 5.69 Å². The van der Waals surface area contributed by atoms with Gasteiger partial charge in [-0.15, -0.1) is 0 Å². The van der Waals surface area contributed by atoms with Crippen LogP contribution < -0.4 is 10.6 Å². The molecule has 1 aromatic rings. The molecule has 3 N–H and O–H groups in total. The Bertz CT molecular complexity index is 430. The van der Waals surface area contributed by atoms with Gasteiger partial charge in [-0.2, -0.15) is 0 Å². The summed E-state index contributed by atoms with van der Waals surface area (Å²) in [5, 5.41) is 11.5. The molecule has 0 fully saturated rings. The van der Waals surface area contributed by atoms with Crippen LogP contribution in [0.25, 0.3) is 0 Å². The Morgan fingerprint density at radius 1 is 1.37 bits per heavy atom. The highest BCUT2D eigenvalue weighted by Gasteiger charge is 2.16. The maximum Gasteiger partial charge on any atom is 0.227 e. The third-order valence-electron chi connectivity index (χ3n) is 2.67. The van der Waals surface area contributed by atoms with Crippen molar-refractivity contribution in [2.45, 2.75) is 26.7 Å². The van der Waals surface area contributed by atoms with Gasteiger partial charge >= 0.3 is 0 Å². The lowest BCUT2D eigenvalue weighted by atomic mass is 10.1. The lowest BCUT2D eigenvalue weighted by Crippen LogP contribution is -2.34. The van der Waals surface area contributed by atoms with Crippen molar-refractivity contribution >= 4 is 17.4 Å². The normalized spacial score (nSPS) is 11.6. The fourth-order valence-corrected chi connectivity index (χ4v) is 1.74. The number of benzene rings is 1. The van der Waals surface area contributed by atoms with Crippen molar-refractivity contribution in [3.8, 4) is 0 Å². The summed E-state index contributed by atoms with van der Waals surface area (Å²) in [5.41, 5.74) is 6.30. The molecule has 0 aromatic heterocycles. The third-order valence-corrected chi connectivity index (χ3v) is 2.67. The van der Waals surface area contributed by atoms with E-state index in [4.69, 9.17) is 10.9 Å². The maximum atomic E-state index is 12.2. The summed E-state index contributed by atoms with van der Waals surface area (Å²) in [6.07, 6.45) is 0.820. The third kappa shape index (κ3) is 4.99. The molecule has 1 amide bonds. The Morgan fingerprint density at radius 3 is 2.53 bits per heavy atom. The smallest absolute Gasteiger partial charge is 0.227 e. The van der Waals surface area contributed by atoms with E-state index in [1.807, 2.05) is 44.2 Å². The van der Waals surface area contributed by atoms with Gasteiger partial charge in [-0.05, 0) is 18.1 Å². The molecular formula is C14H21N3O2. The first-order chi connectivity index (χ1) is 9.04. The fourth-order valence-electron chi connectivity index (χ4n) is 1.74. The summed E-state index contributed by atoms with van der Waals surface area (Å²) < 4.78 is 0. The molecular weight excluding hydrogens is 242 g/mol. The molecule has 0 radical (unpaired) electrons. The van der Waals surface area contributed by atoms with Crippen LogP contribution in [0.1, 0.15) is 26.7 Å². The van der Waals surface area contributed by atoms with Gasteiger partial charge in [-0.25, -0.2) is 0 Å². The summed E-state index contributed by atoms with van der Waals surface area (Å²) in [5.74, 6) is 0.466. The van der Waals surface area contributed by atoms with Crippen LogP contribution in [0, 0.1) is 5.92 Å². The largest absolute Gasteiger partial charge is 0.409 e. The number of amidine groups is 1. The summed E-state index contributed by atoms with van der Waals surface area (Å²) in [4.78, 5) is 13.9. The molecule has 0 unspecified atom stereocenters. The van der Waals surface area contributed by atoms with E-state index in [1.165, 1.54) is 0 Å². The summed E-state index contributed by atoms with van der Waals surface area (Å²) in [6.45, 7) is 4.42. The molecule has 19 heavy (non-hydrogen) atoms. The van der Waals surface area contributed by atoms with Crippen molar-refractivity contribution in [1.82, 2.24) is 0 Å². The number of hydrogen-bond acceptors (Lipinski definition) is 3. The van der Waals surface area contributed by atoms with Crippen LogP contribution in [0.15, 0.2) is 35.5 Å². The first-order valence-corrected chi connectivity index (χ1v) is 6.36. The van der Waals surface area contributed by atoms with Crippen LogP contribution in [-0.2, 0) is 4.79 Å². The number of para-hydroxylation sites is 1. The van der Waals surface area contributed by atoms with Crippen LogP contribution in [-0.4, -0.2) is 23.5 Å². The van der Waals surface area contributed by atoms with Crippen molar-refractivity contribution in [1.29, 1.82) is 0 Å². The lowest BCUT2D eigenvalue weighted by molar-refractivity contribution is -0.119. The van der Waals surface area contributed by atoms with E-state index in [1.54, 1.807) is 4.90 Å². The minimum absolute atomic E-state index is 0.0481. The molecule has 0 atom stereocenters. The van der Waals surface area contributed by atoms with Gasteiger partial charge in [0.15, 0.2) is 0 Å². The van der Waals surface area contributed by atoms with Crippen molar-refractivity contribution in [3.63, 3.8) is 0 Å². The Morgan fingerprint density at radius 2 is 2.00 bits per heavy atom. The highest BCUT2D eigenvalue weighted by atomic mass is 16.4. The average Bonchev–Trinajstić information content (AvgIpc) is 2.39. The molecule has 0 saturated heterocycles. The van der Waals surface area contributed by atoms with Gasteiger partial charge in [0.2, 0.25) is 5.91 Å². The van der Waals surface area contributed by atoms with E-state index in [-0.39, 0.29) is 11.7 Å². The topological polar surface area (TPSA) is 78.9 Å². The molecule has 0 heterocycles. The number of hydrogen-bond donors (Lipinski definition) is 2. The van der Waals surface area contributed by atoms with Crippen molar-refractivity contribution in [3.05, 3.63) is 30.3 Å². The zero-order valence-corrected chi connectivity index (χ0v) is 11.4. The summed E-state index contributed by atoms with van der Waals surface area (Å²) in [7, 11) is 0. The second kappa shape index (κ2) is 7.41. The first-order valence-electron chi connectivity index (χ1n) is 6.36. The standard InChI is InChI=1S/C14H21N3O2/c1-11(2)10-14(18)17(9-8-13(15)16-19)12-6-4-3-5-7-12/h3-7,11,19H,8-10H2,1-2H3,(H2,15,16). The summed E-state index contributed by atoms with van der Waals surface area (Å²) >= 11 is 0. The molecule has 104 valence electrons. The van der Waals surface area contributed by atoms with E-state index in [0.717, 1.165) is 5.69 Å². The van der Waals surface area contributed by atoms with Gasteiger partial charge in [-0.3, -0.25) is 4.79 Å². The van der Waals surface area contributed by atoms with Crippen LogP contribution >= 0.6 is 0 Å². The molecule has 0 aliphatic rings.